The van der Waals surface area contributed by atoms with Gasteiger partial charge in [0.1, 0.15) is 5.75 Å². The van der Waals surface area contributed by atoms with Crippen molar-refractivity contribution in [3.05, 3.63) is 23.8 Å². The van der Waals surface area contributed by atoms with Gasteiger partial charge < -0.3 is 10.1 Å². The van der Waals surface area contributed by atoms with Gasteiger partial charge in [0.25, 0.3) is 0 Å². The zero-order valence-corrected chi connectivity index (χ0v) is 8.96. The first-order chi connectivity index (χ1) is 7.42. The van der Waals surface area contributed by atoms with Crippen molar-refractivity contribution >= 4 is 5.69 Å². The van der Waals surface area contributed by atoms with Crippen molar-refractivity contribution in [2.45, 2.75) is 25.7 Å². The Bertz CT molecular complexity index is 358. The third-order valence-corrected chi connectivity index (χ3v) is 3.50. The molecule has 2 nitrogen and oxygen atoms in total. The van der Waals surface area contributed by atoms with E-state index in [9.17, 15) is 0 Å². The summed E-state index contributed by atoms with van der Waals surface area (Å²) in [5, 5.41) is 3.36. The summed E-state index contributed by atoms with van der Waals surface area (Å²) < 4.78 is 5.81. The first kappa shape index (κ1) is 9.08. The predicted molar refractivity (Wildman–Crippen MR) is 61.5 cm³/mol. The van der Waals surface area contributed by atoms with Crippen LogP contribution in [0, 0.1) is 5.92 Å². The molecule has 0 atom stereocenters. The van der Waals surface area contributed by atoms with E-state index >= 15 is 0 Å². The molecule has 2 aliphatic rings. The van der Waals surface area contributed by atoms with Crippen LogP contribution < -0.4 is 10.1 Å². The van der Waals surface area contributed by atoms with Gasteiger partial charge in [0.2, 0.25) is 0 Å². The molecule has 80 valence electrons. The Morgan fingerprint density at radius 3 is 3.07 bits per heavy atom. The number of hydrogen-bond donors (Lipinski definition) is 1. The summed E-state index contributed by atoms with van der Waals surface area (Å²) in [7, 11) is 0. The molecule has 2 heteroatoms. The summed E-state index contributed by atoms with van der Waals surface area (Å²) in [4.78, 5) is 0. The highest BCUT2D eigenvalue weighted by Gasteiger charge is 2.18. The molecule has 1 N–H and O–H groups in total. The molecule has 0 unspecified atom stereocenters. The van der Waals surface area contributed by atoms with Gasteiger partial charge >= 0.3 is 0 Å². The van der Waals surface area contributed by atoms with Crippen molar-refractivity contribution in [3.8, 4) is 5.75 Å². The van der Waals surface area contributed by atoms with Gasteiger partial charge in [-0.05, 0) is 48.9 Å². The predicted octanol–water partition coefficient (Wildman–Crippen LogP) is 2.83. The smallest absolute Gasteiger partial charge is 0.119 e. The minimum Gasteiger partial charge on any atom is -0.493 e. The maximum Gasteiger partial charge on any atom is 0.119 e. The Morgan fingerprint density at radius 1 is 1.33 bits per heavy atom. The lowest BCUT2D eigenvalue weighted by molar-refractivity contribution is 0.180. The van der Waals surface area contributed by atoms with Gasteiger partial charge in [-0.2, -0.15) is 0 Å². The molecule has 1 aliphatic carbocycles. The number of ether oxygens (including phenoxy) is 1. The Labute approximate surface area is 90.6 Å². The van der Waals surface area contributed by atoms with Crippen molar-refractivity contribution in [3.63, 3.8) is 0 Å². The van der Waals surface area contributed by atoms with Gasteiger partial charge in [-0.1, -0.05) is 6.42 Å². The molecule has 0 amide bonds. The summed E-state index contributed by atoms with van der Waals surface area (Å²) in [6.45, 7) is 1.98. The summed E-state index contributed by atoms with van der Waals surface area (Å²) in [6, 6.07) is 6.41. The van der Waals surface area contributed by atoms with E-state index < -0.39 is 0 Å². The Balaban J connectivity index is 1.64. The molecule has 0 bridgehead atoms. The minimum absolute atomic E-state index is 0.816. The first-order valence-corrected chi connectivity index (χ1v) is 5.91. The van der Waals surface area contributed by atoms with Crippen LogP contribution in [0.15, 0.2) is 18.2 Å². The molecule has 1 aromatic carbocycles. The van der Waals surface area contributed by atoms with E-state index in [-0.39, 0.29) is 0 Å². The second-order valence-corrected chi connectivity index (χ2v) is 4.60. The number of rotatable bonds is 3. The fourth-order valence-corrected chi connectivity index (χ4v) is 2.24. The van der Waals surface area contributed by atoms with Gasteiger partial charge in [0, 0.05) is 12.2 Å². The third-order valence-electron chi connectivity index (χ3n) is 3.50. The van der Waals surface area contributed by atoms with Crippen LogP contribution in [-0.2, 0) is 6.42 Å². The number of anilines is 1. The van der Waals surface area contributed by atoms with E-state index in [1.165, 1.54) is 30.5 Å². The Morgan fingerprint density at radius 2 is 2.27 bits per heavy atom. The lowest BCUT2D eigenvalue weighted by Crippen LogP contribution is -2.19. The van der Waals surface area contributed by atoms with Crippen molar-refractivity contribution < 1.29 is 4.74 Å². The SMILES string of the molecule is c1cc2c(cc1OCC1CCC1)CCN2. The fraction of sp³-hybridized carbons (Fsp3) is 0.538. The highest BCUT2D eigenvalue weighted by molar-refractivity contribution is 5.57. The average Bonchev–Trinajstić information content (AvgIpc) is 2.62. The van der Waals surface area contributed by atoms with E-state index in [2.05, 4.69) is 23.5 Å². The molecule has 15 heavy (non-hydrogen) atoms. The minimum atomic E-state index is 0.816. The van der Waals surface area contributed by atoms with Gasteiger partial charge in [-0.3, -0.25) is 0 Å². The van der Waals surface area contributed by atoms with Crippen LogP contribution >= 0.6 is 0 Å². The maximum atomic E-state index is 5.81. The number of benzene rings is 1. The van der Waals surface area contributed by atoms with Crippen molar-refractivity contribution in [2.75, 3.05) is 18.5 Å². The van der Waals surface area contributed by atoms with E-state index in [1.807, 2.05) is 0 Å². The number of nitrogens with one attached hydrogen (secondary N) is 1. The summed E-state index contributed by atoms with van der Waals surface area (Å²) in [6.07, 6.45) is 5.23. The van der Waals surface area contributed by atoms with Crippen LogP contribution in [0.2, 0.25) is 0 Å². The summed E-state index contributed by atoms with van der Waals surface area (Å²) in [5.41, 5.74) is 2.69. The highest BCUT2D eigenvalue weighted by atomic mass is 16.5. The van der Waals surface area contributed by atoms with Crippen LogP contribution in [0.25, 0.3) is 0 Å². The third kappa shape index (κ3) is 1.81. The molecule has 3 rings (SSSR count). The molecule has 0 saturated heterocycles. The van der Waals surface area contributed by atoms with Gasteiger partial charge in [-0.25, -0.2) is 0 Å². The van der Waals surface area contributed by atoms with Crippen LogP contribution in [-0.4, -0.2) is 13.2 Å². The molecule has 1 aromatic rings. The summed E-state index contributed by atoms with van der Waals surface area (Å²) in [5.74, 6) is 1.86. The van der Waals surface area contributed by atoms with Crippen LogP contribution in [0.1, 0.15) is 24.8 Å². The molecular weight excluding hydrogens is 186 g/mol. The van der Waals surface area contributed by atoms with Gasteiger partial charge in [0.05, 0.1) is 6.61 Å². The van der Waals surface area contributed by atoms with Crippen molar-refractivity contribution in [2.24, 2.45) is 5.92 Å². The van der Waals surface area contributed by atoms with E-state index in [1.54, 1.807) is 0 Å². The van der Waals surface area contributed by atoms with Crippen molar-refractivity contribution in [1.29, 1.82) is 0 Å². The van der Waals surface area contributed by atoms with Gasteiger partial charge in [0.15, 0.2) is 0 Å². The molecule has 1 fully saturated rings. The normalized spacial score (nSPS) is 19.2. The second kappa shape index (κ2) is 3.76. The number of hydrogen-bond acceptors (Lipinski definition) is 2. The Hall–Kier alpha value is -1.18. The van der Waals surface area contributed by atoms with E-state index in [4.69, 9.17) is 4.74 Å². The largest absolute Gasteiger partial charge is 0.493 e. The monoisotopic (exact) mass is 203 g/mol. The van der Waals surface area contributed by atoms with Crippen LogP contribution in [0.3, 0.4) is 0 Å². The molecule has 1 heterocycles. The molecule has 0 aromatic heterocycles. The van der Waals surface area contributed by atoms with E-state index in [0.29, 0.717) is 0 Å². The Kier molecular flexibility index (Phi) is 2.28. The molecule has 0 spiro atoms. The quantitative estimate of drug-likeness (QED) is 0.815. The standard InChI is InChI=1S/C13H17NO/c1-2-10(3-1)9-15-12-4-5-13-11(8-12)6-7-14-13/h4-5,8,10,14H,1-3,6-7,9H2. The van der Waals surface area contributed by atoms with Crippen LogP contribution in [0.5, 0.6) is 5.75 Å². The summed E-state index contributed by atoms with van der Waals surface area (Å²) >= 11 is 0. The topological polar surface area (TPSA) is 21.3 Å². The molecule has 0 radical (unpaired) electrons. The lowest BCUT2D eigenvalue weighted by atomic mass is 9.86. The average molecular weight is 203 g/mol. The second-order valence-electron chi connectivity index (χ2n) is 4.60. The zero-order valence-electron chi connectivity index (χ0n) is 8.96. The first-order valence-electron chi connectivity index (χ1n) is 5.91. The maximum absolute atomic E-state index is 5.81. The van der Waals surface area contributed by atoms with E-state index in [0.717, 1.165) is 31.2 Å². The number of fused-ring (bicyclic) bond motifs is 1. The van der Waals surface area contributed by atoms with Crippen molar-refractivity contribution in [1.82, 2.24) is 0 Å². The van der Waals surface area contributed by atoms with Gasteiger partial charge in [-0.15, -0.1) is 0 Å². The highest BCUT2D eigenvalue weighted by Crippen LogP contribution is 2.29. The fourth-order valence-electron chi connectivity index (χ4n) is 2.24. The molecule has 1 aliphatic heterocycles. The zero-order chi connectivity index (χ0) is 10.1. The lowest BCUT2D eigenvalue weighted by Gasteiger charge is -2.25. The molecular formula is C13H17NO. The molecule has 1 saturated carbocycles. The van der Waals surface area contributed by atoms with Crippen LogP contribution in [0.4, 0.5) is 5.69 Å².